The van der Waals surface area contributed by atoms with Crippen molar-refractivity contribution in [1.82, 2.24) is 5.32 Å². The molecule has 1 aliphatic rings. The molecule has 3 aromatic carbocycles. The number of carbonyl (C=O) groups is 2. The van der Waals surface area contributed by atoms with Crippen LogP contribution in [0.3, 0.4) is 0 Å². The predicted molar refractivity (Wildman–Crippen MR) is 93.9 cm³/mol. The van der Waals surface area contributed by atoms with E-state index in [-0.39, 0.29) is 30.7 Å². The first-order valence-electron chi connectivity index (χ1n) is 7.99. The number of nitrogens with zero attached hydrogens (tertiary/aromatic N) is 1. The summed E-state index contributed by atoms with van der Waals surface area (Å²) in [4.78, 5) is 26.4. The minimum absolute atomic E-state index is 0.0880. The summed E-state index contributed by atoms with van der Waals surface area (Å²) in [5.74, 6) is -0.883. The highest BCUT2D eigenvalue weighted by Crippen LogP contribution is 2.36. The molecule has 1 aliphatic heterocycles. The first kappa shape index (κ1) is 15.3. The quantitative estimate of drug-likeness (QED) is 0.796. The highest BCUT2D eigenvalue weighted by Gasteiger charge is 2.30. The van der Waals surface area contributed by atoms with E-state index in [0.717, 1.165) is 16.5 Å². The van der Waals surface area contributed by atoms with Gasteiger partial charge in [0.2, 0.25) is 5.91 Å². The maximum Gasteiger partial charge on any atom is 0.259 e. The number of amides is 2. The van der Waals surface area contributed by atoms with Crippen LogP contribution in [0.2, 0.25) is 0 Å². The molecule has 124 valence electrons. The van der Waals surface area contributed by atoms with Crippen LogP contribution in [0.25, 0.3) is 10.8 Å². The molecule has 1 heterocycles. The SMILES string of the molecule is O=C(CN1C(=O)c2cccc3cccc1c23)NCc1ccccc1F. The monoisotopic (exact) mass is 334 g/mol. The third-order valence-electron chi connectivity index (χ3n) is 4.38. The molecular formula is C20H15FN2O2. The Balaban J connectivity index is 1.52. The molecule has 0 unspecified atom stereocenters. The molecule has 4 rings (SSSR count). The lowest BCUT2D eigenvalue weighted by molar-refractivity contribution is -0.119. The number of rotatable bonds is 4. The van der Waals surface area contributed by atoms with Crippen molar-refractivity contribution in [1.29, 1.82) is 0 Å². The van der Waals surface area contributed by atoms with Crippen molar-refractivity contribution in [3.05, 3.63) is 77.6 Å². The zero-order valence-corrected chi connectivity index (χ0v) is 13.3. The van der Waals surface area contributed by atoms with E-state index >= 15 is 0 Å². The van der Waals surface area contributed by atoms with Gasteiger partial charge in [-0.15, -0.1) is 0 Å². The zero-order valence-electron chi connectivity index (χ0n) is 13.3. The normalized spacial score (nSPS) is 12.7. The lowest BCUT2D eigenvalue weighted by Gasteiger charge is -2.17. The molecule has 0 saturated carbocycles. The molecule has 0 bridgehead atoms. The third-order valence-corrected chi connectivity index (χ3v) is 4.38. The molecular weight excluding hydrogens is 319 g/mol. The second-order valence-corrected chi connectivity index (χ2v) is 5.94. The molecule has 0 aromatic heterocycles. The van der Waals surface area contributed by atoms with Crippen LogP contribution in [-0.2, 0) is 11.3 Å². The number of carbonyl (C=O) groups excluding carboxylic acids is 2. The Morgan fingerprint density at radius 1 is 1.00 bits per heavy atom. The smallest absolute Gasteiger partial charge is 0.259 e. The molecule has 4 nitrogen and oxygen atoms in total. The molecule has 0 fully saturated rings. The molecule has 2 amide bonds. The number of nitrogens with one attached hydrogen (secondary N) is 1. The second kappa shape index (κ2) is 6.02. The highest BCUT2D eigenvalue weighted by atomic mass is 19.1. The fourth-order valence-corrected chi connectivity index (χ4v) is 3.17. The summed E-state index contributed by atoms with van der Waals surface area (Å²) in [5.41, 5.74) is 1.75. The van der Waals surface area contributed by atoms with Crippen molar-refractivity contribution in [3.63, 3.8) is 0 Å². The summed E-state index contributed by atoms with van der Waals surface area (Å²) in [6, 6.07) is 17.5. The number of hydrogen-bond donors (Lipinski definition) is 1. The van der Waals surface area contributed by atoms with E-state index in [1.807, 2.05) is 30.3 Å². The standard InChI is InChI=1S/C20H15FN2O2/c21-16-9-2-1-5-14(16)11-22-18(24)12-23-17-10-4-7-13-6-3-8-15(19(13)17)20(23)25/h1-10H,11-12H2,(H,22,24). The molecule has 0 saturated heterocycles. The Morgan fingerprint density at radius 2 is 1.76 bits per heavy atom. The van der Waals surface area contributed by atoms with Crippen LogP contribution in [0, 0.1) is 5.82 Å². The fourth-order valence-electron chi connectivity index (χ4n) is 3.17. The molecule has 0 aliphatic carbocycles. The predicted octanol–water partition coefficient (Wildman–Crippen LogP) is 3.26. The Labute approximate surface area is 143 Å². The Kier molecular flexibility index (Phi) is 3.69. The van der Waals surface area contributed by atoms with Crippen molar-refractivity contribution < 1.29 is 14.0 Å². The van der Waals surface area contributed by atoms with Crippen LogP contribution >= 0.6 is 0 Å². The number of hydrogen-bond acceptors (Lipinski definition) is 2. The van der Waals surface area contributed by atoms with Gasteiger partial charge in [0.25, 0.3) is 5.91 Å². The molecule has 0 atom stereocenters. The first-order chi connectivity index (χ1) is 12.1. The second-order valence-electron chi connectivity index (χ2n) is 5.94. The fraction of sp³-hybridized carbons (Fsp3) is 0.100. The summed E-state index contributed by atoms with van der Waals surface area (Å²) in [6.07, 6.45) is 0. The van der Waals surface area contributed by atoms with Crippen LogP contribution in [0.15, 0.2) is 60.7 Å². The number of benzene rings is 3. The van der Waals surface area contributed by atoms with Gasteiger partial charge in [0.05, 0.1) is 5.69 Å². The van der Waals surface area contributed by atoms with Gasteiger partial charge in [-0.2, -0.15) is 0 Å². The molecule has 0 radical (unpaired) electrons. The topological polar surface area (TPSA) is 49.4 Å². The van der Waals surface area contributed by atoms with Crippen LogP contribution in [-0.4, -0.2) is 18.4 Å². The lowest BCUT2D eigenvalue weighted by atomic mass is 10.1. The maximum absolute atomic E-state index is 13.6. The van der Waals surface area contributed by atoms with Gasteiger partial charge >= 0.3 is 0 Å². The van der Waals surface area contributed by atoms with E-state index in [4.69, 9.17) is 0 Å². The summed E-state index contributed by atoms with van der Waals surface area (Å²) in [6.45, 7) is -0.00817. The van der Waals surface area contributed by atoms with Gasteiger partial charge in [0.15, 0.2) is 0 Å². The largest absolute Gasteiger partial charge is 0.350 e. The van der Waals surface area contributed by atoms with Gasteiger partial charge in [0.1, 0.15) is 12.4 Å². The van der Waals surface area contributed by atoms with Crippen molar-refractivity contribution in [2.24, 2.45) is 0 Å². The maximum atomic E-state index is 13.6. The highest BCUT2D eigenvalue weighted by molar-refractivity contribution is 6.26. The molecule has 3 aromatic rings. The van der Waals surface area contributed by atoms with Crippen LogP contribution in [0.5, 0.6) is 0 Å². The van der Waals surface area contributed by atoms with Gasteiger partial charge in [-0.1, -0.05) is 42.5 Å². The van der Waals surface area contributed by atoms with Crippen LogP contribution in [0.1, 0.15) is 15.9 Å². The molecule has 1 N–H and O–H groups in total. The van der Waals surface area contributed by atoms with Gasteiger partial charge in [0, 0.05) is 23.1 Å². The van der Waals surface area contributed by atoms with E-state index in [0.29, 0.717) is 11.1 Å². The molecule has 25 heavy (non-hydrogen) atoms. The number of halogens is 1. The zero-order chi connectivity index (χ0) is 17.4. The summed E-state index contributed by atoms with van der Waals surface area (Å²) in [7, 11) is 0. The van der Waals surface area contributed by atoms with Crippen molar-refractivity contribution in [2.75, 3.05) is 11.4 Å². The Hall–Kier alpha value is -3.21. The summed E-state index contributed by atoms with van der Waals surface area (Å²) < 4.78 is 13.6. The number of anilines is 1. The lowest BCUT2D eigenvalue weighted by Crippen LogP contribution is -2.38. The van der Waals surface area contributed by atoms with Gasteiger partial charge < -0.3 is 5.32 Å². The van der Waals surface area contributed by atoms with E-state index in [1.165, 1.54) is 11.0 Å². The van der Waals surface area contributed by atoms with E-state index in [2.05, 4.69) is 5.32 Å². The van der Waals surface area contributed by atoms with Crippen LogP contribution in [0.4, 0.5) is 10.1 Å². The average molecular weight is 334 g/mol. The van der Waals surface area contributed by atoms with Crippen LogP contribution < -0.4 is 10.2 Å². The Morgan fingerprint density at radius 3 is 2.56 bits per heavy atom. The van der Waals surface area contributed by atoms with Gasteiger partial charge in [-0.3, -0.25) is 14.5 Å². The van der Waals surface area contributed by atoms with Crippen molar-refractivity contribution in [3.8, 4) is 0 Å². The summed E-state index contributed by atoms with van der Waals surface area (Å²) in [5, 5.41) is 4.52. The average Bonchev–Trinajstić information content (AvgIpc) is 2.89. The summed E-state index contributed by atoms with van der Waals surface area (Å²) >= 11 is 0. The van der Waals surface area contributed by atoms with E-state index in [1.54, 1.807) is 24.3 Å². The van der Waals surface area contributed by atoms with Gasteiger partial charge in [-0.25, -0.2) is 4.39 Å². The minimum Gasteiger partial charge on any atom is -0.350 e. The van der Waals surface area contributed by atoms with E-state index in [9.17, 15) is 14.0 Å². The minimum atomic E-state index is -0.364. The van der Waals surface area contributed by atoms with E-state index < -0.39 is 0 Å². The molecule has 5 heteroatoms. The van der Waals surface area contributed by atoms with Gasteiger partial charge in [-0.05, 0) is 23.6 Å². The Bertz CT molecular complexity index is 995. The van der Waals surface area contributed by atoms with Crippen molar-refractivity contribution in [2.45, 2.75) is 6.54 Å². The molecule has 0 spiro atoms. The first-order valence-corrected chi connectivity index (χ1v) is 7.99. The van der Waals surface area contributed by atoms with Crippen molar-refractivity contribution >= 4 is 28.3 Å². The third kappa shape index (κ3) is 2.63.